The van der Waals surface area contributed by atoms with E-state index >= 15 is 0 Å². The second kappa shape index (κ2) is 5.98. The van der Waals surface area contributed by atoms with Gasteiger partial charge < -0.3 is 9.09 Å². The van der Waals surface area contributed by atoms with Crippen LogP contribution in [0.4, 0.5) is 13.2 Å². The first kappa shape index (κ1) is 16.3. The maximum absolute atomic E-state index is 12.6. The number of imidazole rings is 1. The Labute approximate surface area is 146 Å². The fraction of sp³-hybridized carbons (Fsp3) is 0.167. The van der Waals surface area contributed by atoms with Crippen molar-refractivity contribution in [3.8, 4) is 22.8 Å². The summed E-state index contributed by atoms with van der Waals surface area (Å²) < 4.78 is 45.1. The second-order valence-corrected chi connectivity index (χ2v) is 5.73. The first-order valence-corrected chi connectivity index (χ1v) is 7.92. The summed E-state index contributed by atoms with van der Waals surface area (Å²) in [6.07, 6.45) is -2.62. The van der Waals surface area contributed by atoms with Crippen molar-refractivity contribution in [3.63, 3.8) is 0 Å². The van der Waals surface area contributed by atoms with Crippen molar-refractivity contribution >= 4 is 11.0 Å². The minimum Gasteiger partial charge on any atom is -0.334 e. The normalized spacial score (nSPS) is 12.0. The number of fused-ring (bicyclic) bond motifs is 1. The average Bonchev–Trinajstić information content (AvgIpc) is 3.27. The molecule has 4 aromatic rings. The lowest BCUT2D eigenvalue weighted by Crippen LogP contribution is -2.03. The standard InChI is InChI=1S/C18H13F3N4O/c1-2-25-10-22-14-9-12(5-8-15(14)25)16-23-17(26-24-16)11-3-6-13(7-4-11)18(19,20)21/h3-10H,2H2,1H3. The molecule has 2 aromatic carbocycles. The Morgan fingerprint density at radius 1 is 1.04 bits per heavy atom. The molecule has 8 heteroatoms. The van der Waals surface area contributed by atoms with Crippen LogP contribution in [0.15, 0.2) is 53.3 Å². The van der Waals surface area contributed by atoms with Crippen molar-refractivity contribution < 1.29 is 17.7 Å². The van der Waals surface area contributed by atoms with Crippen LogP contribution in [-0.2, 0) is 12.7 Å². The van der Waals surface area contributed by atoms with Crippen molar-refractivity contribution in [2.45, 2.75) is 19.6 Å². The summed E-state index contributed by atoms with van der Waals surface area (Å²) in [6.45, 7) is 2.85. The van der Waals surface area contributed by atoms with Gasteiger partial charge in [0.25, 0.3) is 5.89 Å². The Kier molecular flexibility index (Phi) is 3.75. The van der Waals surface area contributed by atoms with Gasteiger partial charge in [-0.15, -0.1) is 0 Å². The Bertz CT molecular complexity index is 1060. The lowest BCUT2D eigenvalue weighted by Gasteiger charge is -2.05. The number of rotatable bonds is 3. The highest BCUT2D eigenvalue weighted by molar-refractivity contribution is 5.80. The van der Waals surface area contributed by atoms with Crippen LogP contribution in [0.2, 0.25) is 0 Å². The summed E-state index contributed by atoms with van der Waals surface area (Å²) in [5.41, 5.74) is 2.24. The van der Waals surface area contributed by atoms with Gasteiger partial charge in [0.15, 0.2) is 0 Å². The molecule has 0 bridgehead atoms. The summed E-state index contributed by atoms with van der Waals surface area (Å²) in [6, 6.07) is 10.2. The number of hydrogen-bond donors (Lipinski definition) is 0. The van der Waals surface area contributed by atoms with Gasteiger partial charge in [-0.2, -0.15) is 18.2 Å². The van der Waals surface area contributed by atoms with Crippen molar-refractivity contribution in [1.82, 2.24) is 19.7 Å². The maximum atomic E-state index is 12.6. The third kappa shape index (κ3) is 2.83. The highest BCUT2D eigenvalue weighted by atomic mass is 19.4. The molecule has 0 atom stereocenters. The number of nitrogens with zero attached hydrogens (tertiary/aromatic N) is 4. The summed E-state index contributed by atoms with van der Waals surface area (Å²) in [4.78, 5) is 8.63. The summed E-state index contributed by atoms with van der Waals surface area (Å²) >= 11 is 0. The number of hydrogen-bond acceptors (Lipinski definition) is 4. The lowest BCUT2D eigenvalue weighted by atomic mass is 10.1. The largest absolute Gasteiger partial charge is 0.416 e. The van der Waals surface area contributed by atoms with E-state index in [1.165, 1.54) is 12.1 Å². The maximum Gasteiger partial charge on any atom is 0.416 e. The number of aromatic nitrogens is 4. The molecule has 5 nitrogen and oxygen atoms in total. The van der Waals surface area contributed by atoms with Crippen molar-refractivity contribution in [1.29, 1.82) is 0 Å². The minimum atomic E-state index is -4.38. The van der Waals surface area contributed by atoms with Crippen LogP contribution >= 0.6 is 0 Å². The molecule has 0 aliphatic rings. The van der Waals surface area contributed by atoms with Gasteiger partial charge in [-0.3, -0.25) is 0 Å². The Balaban J connectivity index is 1.65. The molecule has 0 saturated carbocycles. The molecular weight excluding hydrogens is 345 g/mol. The van der Waals surface area contributed by atoms with E-state index < -0.39 is 11.7 Å². The van der Waals surface area contributed by atoms with E-state index in [9.17, 15) is 13.2 Å². The number of benzene rings is 2. The SMILES string of the molecule is CCn1cnc2cc(-c3noc(-c4ccc(C(F)(F)F)cc4)n3)ccc21. The molecular formula is C18H13F3N4O. The van der Waals surface area contributed by atoms with Crippen LogP contribution in [0.1, 0.15) is 12.5 Å². The van der Waals surface area contributed by atoms with E-state index in [1.807, 2.05) is 29.7 Å². The third-order valence-electron chi connectivity index (χ3n) is 4.11. The Morgan fingerprint density at radius 3 is 2.46 bits per heavy atom. The fourth-order valence-corrected chi connectivity index (χ4v) is 2.71. The second-order valence-electron chi connectivity index (χ2n) is 5.73. The van der Waals surface area contributed by atoms with Gasteiger partial charge >= 0.3 is 6.18 Å². The zero-order chi connectivity index (χ0) is 18.3. The molecule has 0 unspecified atom stereocenters. The van der Waals surface area contributed by atoms with E-state index in [0.29, 0.717) is 11.4 Å². The molecule has 4 rings (SSSR count). The van der Waals surface area contributed by atoms with Crippen molar-refractivity contribution in [2.75, 3.05) is 0 Å². The first-order chi connectivity index (χ1) is 12.5. The summed E-state index contributed by atoms with van der Waals surface area (Å²) in [5, 5.41) is 3.92. The van der Waals surface area contributed by atoms with Gasteiger partial charge in [-0.1, -0.05) is 5.16 Å². The predicted octanol–water partition coefficient (Wildman–Crippen LogP) is 4.79. The molecule has 2 aromatic heterocycles. The first-order valence-electron chi connectivity index (χ1n) is 7.92. The van der Waals surface area contributed by atoms with Gasteiger partial charge in [-0.05, 0) is 49.4 Å². The Hall–Kier alpha value is -3.16. The van der Waals surface area contributed by atoms with Crippen LogP contribution in [0, 0.1) is 0 Å². The average molecular weight is 358 g/mol. The molecule has 0 fully saturated rings. The van der Waals surface area contributed by atoms with E-state index in [-0.39, 0.29) is 5.89 Å². The molecule has 2 heterocycles. The summed E-state index contributed by atoms with van der Waals surface area (Å²) in [5.74, 6) is 0.515. The fourth-order valence-electron chi connectivity index (χ4n) is 2.71. The smallest absolute Gasteiger partial charge is 0.334 e. The van der Waals surface area contributed by atoms with E-state index in [0.717, 1.165) is 35.3 Å². The van der Waals surface area contributed by atoms with Gasteiger partial charge in [0.1, 0.15) is 0 Å². The number of halogens is 3. The van der Waals surface area contributed by atoms with Gasteiger partial charge in [0, 0.05) is 17.7 Å². The zero-order valence-corrected chi connectivity index (χ0v) is 13.7. The van der Waals surface area contributed by atoms with E-state index in [1.54, 1.807) is 6.33 Å². The van der Waals surface area contributed by atoms with E-state index in [4.69, 9.17) is 4.52 Å². The van der Waals surface area contributed by atoms with Crippen LogP contribution in [0.5, 0.6) is 0 Å². The molecule has 0 aliphatic heterocycles. The molecule has 0 aliphatic carbocycles. The molecule has 0 spiro atoms. The highest BCUT2D eigenvalue weighted by Crippen LogP contribution is 2.31. The topological polar surface area (TPSA) is 56.7 Å². The molecule has 132 valence electrons. The van der Waals surface area contributed by atoms with Crippen LogP contribution in [-0.4, -0.2) is 19.7 Å². The molecule has 0 N–H and O–H groups in total. The van der Waals surface area contributed by atoms with Crippen LogP contribution in [0.3, 0.4) is 0 Å². The van der Waals surface area contributed by atoms with E-state index in [2.05, 4.69) is 15.1 Å². The third-order valence-corrected chi connectivity index (χ3v) is 4.11. The Morgan fingerprint density at radius 2 is 1.77 bits per heavy atom. The van der Waals surface area contributed by atoms with Gasteiger partial charge in [0.2, 0.25) is 5.82 Å². The van der Waals surface area contributed by atoms with Gasteiger partial charge in [0.05, 0.1) is 22.9 Å². The molecule has 0 amide bonds. The van der Waals surface area contributed by atoms with Crippen LogP contribution in [0.25, 0.3) is 33.9 Å². The number of alkyl halides is 3. The molecule has 26 heavy (non-hydrogen) atoms. The predicted molar refractivity (Wildman–Crippen MR) is 89.1 cm³/mol. The highest BCUT2D eigenvalue weighted by Gasteiger charge is 2.30. The van der Waals surface area contributed by atoms with Crippen molar-refractivity contribution in [2.24, 2.45) is 0 Å². The summed E-state index contributed by atoms with van der Waals surface area (Å²) in [7, 11) is 0. The van der Waals surface area contributed by atoms with Gasteiger partial charge in [-0.25, -0.2) is 4.98 Å². The quantitative estimate of drug-likeness (QED) is 0.528. The number of aryl methyl sites for hydroxylation is 1. The monoisotopic (exact) mass is 358 g/mol. The minimum absolute atomic E-state index is 0.160. The molecule has 0 radical (unpaired) electrons. The van der Waals surface area contributed by atoms with Crippen LogP contribution < -0.4 is 0 Å². The zero-order valence-electron chi connectivity index (χ0n) is 13.7. The lowest BCUT2D eigenvalue weighted by molar-refractivity contribution is -0.137. The molecule has 0 saturated heterocycles. The van der Waals surface area contributed by atoms with Crippen molar-refractivity contribution in [3.05, 3.63) is 54.4 Å².